The summed E-state index contributed by atoms with van der Waals surface area (Å²) in [6.07, 6.45) is 2.43. The van der Waals surface area contributed by atoms with E-state index >= 15 is 0 Å². The summed E-state index contributed by atoms with van der Waals surface area (Å²) in [5, 5.41) is 10.8. The average molecular weight is 442 g/mol. The van der Waals surface area contributed by atoms with Crippen LogP contribution in [0.15, 0.2) is 65.2 Å². The van der Waals surface area contributed by atoms with Gasteiger partial charge < -0.3 is 25.1 Å². The molecule has 0 amide bonds. The number of carbonyl (C=O) groups is 1. The molecule has 0 fully saturated rings. The van der Waals surface area contributed by atoms with E-state index in [0.717, 1.165) is 6.08 Å². The number of rotatable bonds is 7. The summed E-state index contributed by atoms with van der Waals surface area (Å²) in [5.74, 6) is -0.527. The van der Waals surface area contributed by atoms with E-state index in [9.17, 15) is 14.3 Å². The van der Waals surface area contributed by atoms with Gasteiger partial charge in [0.15, 0.2) is 0 Å². The van der Waals surface area contributed by atoms with Gasteiger partial charge in [0, 0.05) is 17.7 Å². The maximum absolute atomic E-state index is 13.3. The Bertz CT molecular complexity index is 1050. The zero-order valence-electron chi connectivity index (χ0n) is 18.7. The van der Waals surface area contributed by atoms with Crippen LogP contribution in [0.3, 0.4) is 0 Å². The quantitative estimate of drug-likeness (QED) is 0.161. The third-order valence-electron chi connectivity index (χ3n) is 4.07. The van der Waals surface area contributed by atoms with Gasteiger partial charge >= 0.3 is 5.97 Å². The SMILES string of the molecule is COc1ccc(N=C(N)C(/C=C/C(=O)OC(C)(C)C)=C(\O)c2ccc(F)cc2)c(OC)c1. The Morgan fingerprint density at radius 1 is 1.06 bits per heavy atom. The van der Waals surface area contributed by atoms with Crippen molar-refractivity contribution >= 4 is 23.3 Å². The number of nitrogens with two attached hydrogens (primary N) is 1. The molecule has 0 aliphatic carbocycles. The highest BCUT2D eigenvalue weighted by molar-refractivity contribution is 6.07. The minimum Gasteiger partial charge on any atom is -0.507 e. The van der Waals surface area contributed by atoms with E-state index < -0.39 is 17.4 Å². The van der Waals surface area contributed by atoms with Crippen molar-refractivity contribution in [1.29, 1.82) is 0 Å². The lowest BCUT2D eigenvalue weighted by atomic mass is 10.1. The van der Waals surface area contributed by atoms with Crippen LogP contribution in [0.5, 0.6) is 11.5 Å². The van der Waals surface area contributed by atoms with Crippen molar-refractivity contribution in [3.05, 3.63) is 71.6 Å². The Kier molecular flexibility index (Phi) is 8.01. The molecule has 2 rings (SSSR count). The lowest BCUT2D eigenvalue weighted by Gasteiger charge is -2.18. The molecule has 7 nitrogen and oxygen atoms in total. The molecule has 32 heavy (non-hydrogen) atoms. The number of halogens is 1. The first-order valence-electron chi connectivity index (χ1n) is 9.71. The van der Waals surface area contributed by atoms with Crippen LogP contribution in [0.2, 0.25) is 0 Å². The normalized spacial score (nSPS) is 13.0. The van der Waals surface area contributed by atoms with E-state index in [1.165, 1.54) is 44.6 Å². The summed E-state index contributed by atoms with van der Waals surface area (Å²) >= 11 is 0. The molecule has 2 aromatic carbocycles. The predicted molar refractivity (Wildman–Crippen MR) is 122 cm³/mol. The Balaban J connectivity index is 2.55. The highest BCUT2D eigenvalue weighted by Crippen LogP contribution is 2.32. The maximum atomic E-state index is 13.3. The first-order chi connectivity index (χ1) is 15.0. The number of methoxy groups -OCH3 is 2. The molecule has 0 radical (unpaired) electrons. The summed E-state index contributed by atoms with van der Waals surface area (Å²) in [7, 11) is 2.99. The number of aliphatic hydroxyl groups excluding tert-OH is 1. The molecule has 0 bridgehead atoms. The van der Waals surface area contributed by atoms with Gasteiger partial charge in [-0.3, -0.25) is 0 Å². The Hall–Kier alpha value is -3.81. The van der Waals surface area contributed by atoms with Gasteiger partial charge in [0.25, 0.3) is 0 Å². The fourth-order valence-electron chi connectivity index (χ4n) is 2.60. The predicted octanol–water partition coefficient (Wildman–Crippen LogP) is 4.70. The molecule has 170 valence electrons. The second kappa shape index (κ2) is 10.5. The van der Waals surface area contributed by atoms with Crippen LogP contribution in [0.25, 0.3) is 5.76 Å². The van der Waals surface area contributed by atoms with E-state index in [1.54, 1.807) is 39.0 Å². The van der Waals surface area contributed by atoms with Gasteiger partial charge in [-0.2, -0.15) is 0 Å². The second-order valence-electron chi connectivity index (χ2n) is 7.67. The van der Waals surface area contributed by atoms with E-state index in [4.69, 9.17) is 19.9 Å². The lowest BCUT2D eigenvalue weighted by molar-refractivity contribution is -0.148. The molecule has 8 heteroatoms. The van der Waals surface area contributed by atoms with Crippen molar-refractivity contribution in [3.63, 3.8) is 0 Å². The highest BCUT2D eigenvalue weighted by Gasteiger charge is 2.16. The minimum atomic E-state index is -0.694. The van der Waals surface area contributed by atoms with Crippen LogP contribution in [-0.4, -0.2) is 36.7 Å². The molecule has 2 aromatic rings. The van der Waals surface area contributed by atoms with Crippen LogP contribution < -0.4 is 15.2 Å². The lowest BCUT2D eigenvalue weighted by Crippen LogP contribution is -2.22. The molecule has 0 saturated heterocycles. The van der Waals surface area contributed by atoms with Crippen molar-refractivity contribution in [2.24, 2.45) is 10.7 Å². The Labute approximate surface area is 186 Å². The molecule has 3 N–H and O–H groups in total. The third-order valence-corrected chi connectivity index (χ3v) is 4.07. The molecule has 0 aromatic heterocycles. The van der Waals surface area contributed by atoms with Gasteiger partial charge in [-0.05, 0) is 63.2 Å². The summed E-state index contributed by atoms with van der Waals surface area (Å²) < 4.78 is 29.1. The molecule has 0 heterocycles. The van der Waals surface area contributed by atoms with Crippen LogP contribution in [0, 0.1) is 5.82 Å². The molecule has 0 spiro atoms. The summed E-state index contributed by atoms with van der Waals surface area (Å²) in [6.45, 7) is 5.20. The van der Waals surface area contributed by atoms with Crippen molar-refractivity contribution in [2.45, 2.75) is 26.4 Å². The molecule has 0 aliphatic rings. The van der Waals surface area contributed by atoms with E-state index in [1.807, 2.05) is 0 Å². The maximum Gasteiger partial charge on any atom is 0.331 e. The van der Waals surface area contributed by atoms with Crippen LogP contribution in [-0.2, 0) is 9.53 Å². The van der Waals surface area contributed by atoms with Crippen LogP contribution in [0.4, 0.5) is 10.1 Å². The number of ether oxygens (including phenoxy) is 3. The average Bonchev–Trinajstić information content (AvgIpc) is 2.73. The van der Waals surface area contributed by atoms with Crippen molar-refractivity contribution in [3.8, 4) is 11.5 Å². The van der Waals surface area contributed by atoms with Gasteiger partial charge in [0.05, 0.1) is 19.8 Å². The van der Waals surface area contributed by atoms with E-state index in [-0.39, 0.29) is 22.7 Å². The number of esters is 1. The topological polar surface area (TPSA) is 103 Å². The standard InChI is InChI=1S/C24H27FN2O5/c1-24(2,3)32-21(28)13-11-18(22(29)15-6-8-16(25)9-7-15)23(26)27-19-12-10-17(30-4)14-20(19)31-5/h6-14,29H,1-5H3,(H2,26,27)/b13-11+,22-18-. The first kappa shape index (κ1) is 24.5. The Morgan fingerprint density at radius 3 is 2.28 bits per heavy atom. The van der Waals surface area contributed by atoms with Gasteiger partial charge in [-0.25, -0.2) is 14.2 Å². The highest BCUT2D eigenvalue weighted by atomic mass is 19.1. The zero-order valence-corrected chi connectivity index (χ0v) is 18.7. The number of aliphatic imine (C=N–C) groups is 1. The third kappa shape index (κ3) is 6.87. The molecule has 0 atom stereocenters. The number of benzene rings is 2. The summed E-state index contributed by atoms with van der Waals surface area (Å²) in [5.41, 5.74) is 6.20. The van der Waals surface area contributed by atoms with E-state index in [0.29, 0.717) is 17.2 Å². The number of hydrogen-bond acceptors (Lipinski definition) is 6. The largest absolute Gasteiger partial charge is 0.507 e. The molecule has 0 saturated carbocycles. The zero-order chi connectivity index (χ0) is 23.9. The number of hydrogen-bond donors (Lipinski definition) is 2. The number of amidine groups is 1. The monoisotopic (exact) mass is 442 g/mol. The molecule has 0 aliphatic heterocycles. The van der Waals surface area contributed by atoms with Crippen molar-refractivity contribution < 1.29 is 28.5 Å². The van der Waals surface area contributed by atoms with Crippen LogP contribution in [0.1, 0.15) is 26.3 Å². The number of nitrogens with zero attached hydrogens (tertiary/aromatic N) is 1. The van der Waals surface area contributed by atoms with E-state index in [2.05, 4.69) is 4.99 Å². The van der Waals surface area contributed by atoms with Gasteiger partial charge in [0.1, 0.15) is 40.2 Å². The van der Waals surface area contributed by atoms with Crippen molar-refractivity contribution in [1.82, 2.24) is 0 Å². The van der Waals surface area contributed by atoms with Gasteiger partial charge in [-0.1, -0.05) is 0 Å². The minimum absolute atomic E-state index is 0.0420. The smallest absolute Gasteiger partial charge is 0.331 e. The van der Waals surface area contributed by atoms with Crippen molar-refractivity contribution in [2.75, 3.05) is 14.2 Å². The summed E-state index contributed by atoms with van der Waals surface area (Å²) in [6, 6.07) is 10.1. The molecular formula is C24H27FN2O5. The molecule has 0 unspecified atom stereocenters. The first-order valence-corrected chi connectivity index (χ1v) is 9.71. The van der Waals surface area contributed by atoms with Gasteiger partial charge in [-0.15, -0.1) is 0 Å². The second-order valence-corrected chi connectivity index (χ2v) is 7.67. The van der Waals surface area contributed by atoms with Crippen LogP contribution >= 0.6 is 0 Å². The van der Waals surface area contributed by atoms with Gasteiger partial charge in [0.2, 0.25) is 0 Å². The fourth-order valence-corrected chi connectivity index (χ4v) is 2.60. The number of carbonyl (C=O) groups excluding carboxylic acids is 1. The number of aliphatic hydroxyl groups is 1. The summed E-state index contributed by atoms with van der Waals surface area (Å²) in [4.78, 5) is 16.5. The fraction of sp³-hybridized carbons (Fsp3) is 0.250. The Morgan fingerprint density at radius 2 is 1.72 bits per heavy atom. The molecular weight excluding hydrogens is 415 g/mol.